The molecule has 0 bridgehead atoms. The van der Waals surface area contributed by atoms with Gasteiger partial charge in [-0.1, -0.05) is 25.1 Å². The van der Waals surface area contributed by atoms with Crippen molar-refractivity contribution in [2.75, 3.05) is 0 Å². The van der Waals surface area contributed by atoms with Gasteiger partial charge in [-0.15, -0.1) is 0 Å². The second-order valence-electron chi connectivity index (χ2n) is 4.16. The third kappa shape index (κ3) is 1.31. The molecule has 1 aromatic heterocycles. The van der Waals surface area contributed by atoms with E-state index < -0.39 is 11.9 Å². The Labute approximate surface area is 104 Å². The van der Waals surface area contributed by atoms with Gasteiger partial charge in [0.05, 0.1) is 11.6 Å². The fourth-order valence-electron chi connectivity index (χ4n) is 2.42. The summed E-state index contributed by atoms with van der Waals surface area (Å²) in [4.78, 5) is 15.9. The molecule has 0 N–H and O–H groups in total. The summed E-state index contributed by atoms with van der Waals surface area (Å²) in [6.45, 7) is 2.00. The SMILES string of the molecule is CCc1c2c(nc3ccccc13)OC(=O)C2C#N. The number of para-hydroxylation sites is 1. The molecule has 0 radical (unpaired) electrons. The number of rotatable bonds is 1. The molecule has 1 aliphatic heterocycles. The highest BCUT2D eigenvalue weighted by atomic mass is 16.5. The number of hydrogen-bond donors (Lipinski definition) is 0. The van der Waals surface area contributed by atoms with Crippen LogP contribution in [0.3, 0.4) is 0 Å². The Kier molecular flexibility index (Phi) is 2.27. The van der Waals surface area contributed by atoms with Crippen molar-refractivity contribution in [3.05, 3.63) is 35.4 Å². The molecule has 3 rings (SSSR count). The minimum Gasteiger partial charge on any atom is -0.406 e. The molecular weight excluding hydrogens is 228 g/mol. The zero-order valence-corrected chi connectivity index (χ0v) is 9.80. The summed E-state index contributed by atoms with van der Waals surface area (Å²) in [6.07, 6.45) is 0.736. The van der Waals surface area contributed by atoms with Crippen LogP contribution in [0.2, 0.25) is 0 Å². The number of fused-ring (bicyclic) bond motifs is 2. The summed E-state index contributed by atoms with van der Waals surface area (Å²) >= 11 is 0. The van der Waals surface area contributed by atoms with Crippen molar-refractivity contribution < 1.29 is 9.53 Å². The van der Waals surface area contributed by atoms with Gasteiger partial charge in [0.2, 0.25) is 5.88 Å². The lowest BCUT2D eigenvalue weighted by atomic mass is 9.93. The predicted molar refractivity (Wildman–Crippen MR) is 65.1 cm³/mol. The van der Waals surface area contributed by atoms with Crippen molar-refractivity contribution in [1.29, 1.82) is 5.26 Å². The summed E-state index contributed by atoms with van der Waals surface area (Å²) in [5.74, 6) is -1.07. The topological polar surface area (TPSA) is 63.0 Å². The van der Waals surface area contributed by atoms with Crippen molar-refractivity contribution in [3.8, 4) is 11.9 Å². The van der Waals surface area contributed by atoms with E-state index in [1.54, 1.807) is 0 Å². The fourth-order valence-corrected chi connectivity index (χ4v) is 2.42. The molecule has 2 heterocycles. The highest BCUT2D eigenvalue weighted by Gasteiger charge is 2.37. The van der Waals surface area contributed by atoms with Gasteiger partial charge < -0.3 is 4.74 Å². The largest absolute Gasteiger partial charge is 0.406 e. The molecule has 0 spiro atoms. The van der Waals surface area contributed by atoms with Crippen LogP contribution < -0.4 is 4.74 Å². The molecule has 1 aliphatic rings. The van der Waals surface area contributed by atoms with Crippen LogP contribution in [0.4, 0.5) is 0 Å². The van der Waals surface area contributed by atoms with Gasteiger partial charge in [-0.05, 0) is 18.1 Å². The first-order chi connectivity index (χ1) is 8.76. The lowest BCUT2D eigenvalue weighted by Gasteiger charge is -2.09. The summed E-state index contributed by atoms with van der Waals surface area (Å²) in [5.41, 5.74) is 2.41. The van der Waals surface area contributed by atoms with Gasteiger partial charge in [0.25, 0.3) is 0 Å². The molecule has 1 atom stereocenters. The van der Waals surface area contributed by atoms with Crippen LogP contribution in [-0.4, -0.2) is 11.0 Å². The van der Waals surface area contributed by atoms with E-state index in [1.165, 1.54) is 0 Å². The van der Waals surface area contributed by atoms with Crippen LogP contribution in [0, 0.1) is 11.3 Å². The lowest BCUT2D eigenvalue weighted by Crippen LogP contribution is -2.08. The molecule has 0 amide bonds. The van der Waals surface area contributed by atoms with Crippen LogP contribution in [0.5, 0.6) is 5.88 Å². The Hall–Kier alpha value is -2.41. The standard InChI is InChI=1S/C14H10N2O2/c1-2-8-9-5-3-4-6-11(9)16-13-12(8)10(7-15)14(17)18-13/h3-6,10H,2H2,1H3. The molecule has 0 saturated heterocycles. The number of carbonyl (C=O) groups excluding carboxylic acids is 1. The maximum atomic E-state index is 11.6. The number of ether oxygens (including phenoxy) is 1. The fraction of sp³-hybridized carbons (Fsp3) is 0.214. The lowest BCUT2D eigenvalue weighted by molar-refractivity contribution is -0.133. The monoisotopic (exact) mass is 238 g/mol. The summed E-state index contributed by atoms with van der Waals surface area (Å²) in [7, 11) is 0. The van der Waals surface area contributed by atoms with Crippen LogP contribution in [-0.2, 0) is 11.2 Å². The van der Waals surface area contributed by atoms with Gasteiger partial charge in [-0.25, -0.2) is 9.78 Å². The highest BCUT2D eigenvalue weighted by molar-refractivity contribution is 5.94. The Balaban J connectivity index is 2.41. The Morgan fingerprint density at radius 1 is 1.44 bits per heavy atom. The van der Waals surface area contributed by atoms with E-state index in [9.17, 15) is 4.79 Å². The van der Waals surface area contributed by atoms with E-state index >= 15 is 0 Å². The first-order valence-corrected chi connectivity index (χ1v) is 5.79. The molecule has 4 heteroatoms. The van der Waals surface area contributed by atoms with Crippen molar-refractivity contribution in [3.63, 3.8) is 0 Å². The van der Waals surface area contributed by atoms with E-state index in [0.29, 0.717) is 11.4 Å². The van der Waals surface area contributed by atoms with Crippen LogP contribution in [0.15, 0.2) is 24.3 Å². The number of aryl methyl sites for hydroxylation is 1. The number of pyridine rings is 1. The minimum atomic E-state index is -0.841. The first-order valence-electron chi connectivity index (χ1n) is 5.79. The third-order valence-electron chi connectivity index (χ3n) is 3.21. The molecule has 2 aromatic rings. The maximum Gasteiger partial charge on any atom is 0.334 e. The molecule has 4 nitrogen and oxygen atoms in total. The van der Waals surface area contributed by atoms with Crippen LogP contribution in [0.1, 0.15) is 24.0 Å². The minimum absolute atomic E-state index is 0.294. The van der Waals surface area contributed by atoms with E-state index in [0.717, 1.165) is 22.9 Å². The van der Waals surface area contributed by atoms with E-state index in [1.807, 2.05) is 37.3 Å². The zero-order chi connectivity index (χ0) is 12.7. The van der Waals surface area contributed by atoms with Crippen molar-refractivity contribution in [2.45, 2.75) is 19.3 Å². The van der Waals surface area contributed by atoms with Gasteiger partial charge in [-0.2, -0.15) is 5.26 Å². The van der Waals surface area contributed by atoms with Crippen molar-refractivity contribution in [1.82, 2.24) is 4.98 Å². The number of carbonyl (C=O) groups is 1. The predicted octanol–water partition coefficient (Wildman–Crippen LogP) is 2.32. The third-order valence-corrected chi connectivity index (χ3v) is 3.21. The van der Waals surface area contributed by atoms with E-state index in [2.05, 4.69) is 4.98 Å². The number of nitriles is 1. The number of esters is 1. The molecule has 1 unspecified atom stereocenters. The first kappa shape index (κ1) is 10.7. The molecule has 0 saturated carbocycles. The van der Waals surface area contributed by atoms with Gasteiger partial charge in [-0.3, -0.25) is 0 Å². The molecule has 0 aliphatic carbocycles. The number of benzene rings is 1. The second-order valence-corrected chi connectivity index (χ2v) is 4.16. The highest BCUT2D eigenvalue weighted by Crippen LogP contribution is 2.39. The summed E-state index contributed by atoms with van der Waals surface area (Å²) in [6, 6.07) is 9.64. The normalized spacial score (nSPS) is 17.3. The average molecular weight is 238 g/mol. The average Bonchev–Trinajstić information content (AvgIpc) is 2.70. The maximum absolute atomic E-state index is 11.6. The zero-order valence-electron chi connectivity index (χ0n) is 9.80. The van der Waals surface area contributed by atoms with Gasteiger partial charge in [0, 0.05) is 10.9 Å². The number of nitrogens with zero attached hydrogens (tertiary/aromatic N) is 2. The van der Waals surface area contributed by atoms with Gasteiger partial charge in [0.15, 0.2) is 5.92 Å². The van der Waals surface area contributed by atoms with Crippen LogP contribution >= 0.6 is 0 Å². The van der Waals surface area contributed by atoms with E-state index in [-0.39, 0.29) is 0 Å². The molecule has 0 fully saturated rings. The Bertz CT molecular complexity index is 701. The second kappa shape index (κ2) is 3.81. The smallest absolute Gasteiger partial charge is 0.334 e. The van der Waals surface area contributed by atoms with Crippen molar-refractivity contribution >= 4 is 16.9 Å². The Morgan fingerprint density at radius 2 is 2.22 bits per heavy atom. The summed E-state index contributed by atoms with van der Waals surface area (Å²) in [5, 5.41) is 10.1. The molecular formula is C14H10N2O2. The number of aromatic nitrogens is 1. The van der Waals surface area contributed by atoms with Gasteiger partial charge >= 0.3 is 5.97 Å². The molecule has 88 valence electrons. The van der Waals surface area contributed by atoms with E-state index in [4.69, 9.17) is 10.00 Å². The quantitative estimate of drug-likeness (QED) is 0.715. The number of hydrogen-bond acceptors (Lipinski definition) is 4. The Morgan fingerprint density at radius 3 is 2.94 bits per heavy atom. The van der Waals surface area contributed by atoms with Gasteiger partial charge in [0.1, 0.15) is 0 Å². The summed E-state index contributed by atoms with van der Waals surface area (Å²) < 4.78 is 5.09. The molecule has 18 heavy (non-hydrogen) atoms. The van der Waals surface area contributed by atoms with Crippen LogP contribution in [0.25, 0.3) is 10.9 Å². The molecule has 1 aromatic carbocycles. The van der Waals surface area contributed by atoms with Crippen molar-refractivity contribution in [2.24, 2.45) is 0 Å².